The third kappa shape index (κ3) is 5.55. The molecule has 0 aromatic heterocycles. The first-order chi connectivity index (χ1) is 11.7. The number of anilines is 1. The molecule has 24 heavy (non-hydrogen) atoms. The fourth-order valence-electron chi connectivity index (χ4n) is 2.32. The molecule has 3 nitrogen and oxygen atoms in total. The van der Waals surface area contributed by atoms with Gasteiger partial charge in [-0.15, -0.1) is 18.3 Å². The molecule has 2 aromatic carbocycles. The summed E-state index contributed by atoms with van der Waals surface area (Å²) in [6, 6.07) is 17.8. The zero-order valence-corrected chi connectivity index (χ0v) is 14.8. The molecular formula is C20H24N2OS. The largest absolute Gasteiger partial charge is 0.324 e. The molecule has 0 saturated carbocycles. The fraction of sp³-hybridized carbons (Fsp3) is 0.250. The van der Waals surface area contributed by atoms with E-state index in [0.717, 1.165) is 22.8 Å². The lowest BCUT2D eigenvalue weighted by molar-refractivity contribution is -0.118. The Hall–Kier alpha value is -2.04. The molecule has 126 valence electrons. The van der Waals surface area contributed by atoms with Crippen molar-refractivity contribution in [2.75, 3.05) is 11.1 Å². The average molecular weight is 340 g/mol. The van der Waals surface area contributed by atoms with Crippen molar-refractivity contribution in [3.8, 4) is 0 Å². The number of hydrogen-bond acceptors (Lipinski definition) is 3. The van der Waals surface area contributed by atoms with E-state index in [1.54, 1.807) is 11.8 Å². The van der Waals surface area contributed by atoms with E-state index in [9.17, 15) is 4.79 Å². The van der Waals surface area contributed by atoms with Crippen molar-refractivity contribution in [2.24, 2.45) is 0 Å². The van der Waals surface area contributed by atoms with Crippen molar-refractivity contribution < 1.29 is 4.79 Å². The summed E-state index contributed by atoms with van der Waals surface area (Å²) in [5.74, 6) is 0.816. The van der Waals surface area contributed by atoms with Gasteiger partial charge < -0.3 is 10.6 Å². The summed E-state index contributed by atoms with van der Waals surface area (Å²) in [4.78, 5) is 13.6. The topological polar surface area (TPSA) is 41.1 Å². The summed E-state index contributed by atoms with van der Waals surface area (Å²) in [5, 5.41) is 6.38. The molecule has 1 atom stereocenters. The van der Waals surface area contributed by atoms with E-state index in [0.29, 0.717) is 6.54 Å². The maximum absolute atomic E-state index is 12.6. The molecule has 2 rings (SSSR count). The molecule has 4 heteroatoms. The van der Waals surface area contributed by atoms with Gasteiger partial charge in [0.2, 0.25) is 5.91 Å². The van der Waals surface area contributed by atoms with E-state index in [2.05, 4.69) is 29.3 Å². The van der Waals surface area contributed by atoms with E-state index in [1.807, 2.05) is 55.5 Å². The lowest BCUT2D eigenvalue weighted by Gasteiger charge is -2.18. The second-order valence-electron chi connectivity index (χ2n) is 5.41. The molecule has 0 aliphatic rings. The molecular weight excluding hydrogens is 316 g/mol. The molecule has 0 saturated heterocycles. The van der Waals surface area contributed by atoms with E-state index in [-0.39, 0.29) is 11.9 Å². The molecule has 0 fully saturated rings. The van der Waals surface area contributed by atoms with Crippen molar-refractivity contribution in [3.05, 3.63) is 72.8 Å². The Labute approximate surface area is 148 Å². The van der Waals surface area contributed by atoms with Crippen molar-refractivity contribution >= 4 is 23.4 Å². The number of para-hydroxylation sites is 1. The maximum Gasteiger partial charge on any atom is 0.241 e. The van der Waals surface area contributed by atoms with Crippen LogP contribution in [0.15, 0.2) is 72.1 Å². The van der Waals surface area contributed by atoms with Crippen LogP contribution in [-0.2, 0) is 11.3 Å². The van der Waals surface area contributed by atoms with Crippen LogP contribution in [0.25, 0.3) is 0 Å². The van der Waals surface area contributed by atoms with Gasteiger partial charge >= 0.3 is 0 Å². The molecule has 2 N–H and O–H groups in total. The minimum atomic E-state index is -0.220. The Morgan fingerprint density at radius 3 is 2.58 bits per heavy atom. The van der Waals surface area contributed by atoms with Gasteiger partial charge in [0.15, 0.2) is 0 Å². The number of carbonyl (C=O) groups excluding carboxylic acids is 1. The maximum atomic E-state index is 12.6. The van der Waals surface area contributed by atoms with Crippen molar-refractivity contribution in [2.45, 2.75) is 30.8 Å². The molecule has 2 aromatic rings. The number of hydrogen-bond donors (Lipinski definition) is 2. The first-order valence-corrected chi connectivity index (χ1v) is 9.14. The van der Waals surface area contributed by atoms with Gasteiger partial charge in [-0.25, -0.2) is 0 Å². The normalized spacial score (nSPS) is 11.7. The van der Waals surface area contributed by atoms with Crippen LogP contribution in [0, 0.1) is 0 Å². The van der Waals surface area contributed by atoms with Crippen LogP contribution in [0.3, 0.4) is 0 Å². The molecule has 0 aliphatic heterocycles. The van der Waals surface area contributed by atoms with Crippen LogP contribution in [0.5, 0.6) is 0 Å². The number of amides is 1. The molecule has 0 heterocycles. The second kappa shape index (κ2) is 9.96. The summed E-state index contributed by atoms with van der Waals surface area (Å²) < 4.78 is 0. The molecule has 0 radical (unpaired) electrons. The average Bonchev–Trinajstić information content (AvgIpc) is 2.62. The lowest BCUT2D eigenvalue weighted by atomic mass is 10.1. The quantitative estimate of drug-likeness (QED) is 0.523. The van der Waals surface area contributed by atoms with E-state index < -0.39 is 0 Å². The van der Waals surface area contributed by atoms with Gasteiger partial charge in [0.1, 0.15) is 0 Å². The van der Waals surface area contributed by atoms with Crippen LogP contribution >= 0.6 is 11.8 Å². The molecule has 1 amide bonds. The third-order valence-electron chi connectivity index (χ3n) is 3.62. The number of carbonyl (C=O) groups is 1. The van der Waals surface area contributed by atoms with Gasteiger partial charge in [-0.1, -0.05) is 55.5 Å². The molecule has 0 bridgehead atoms. The third-order valence-corrected chi connectivity index (χ3v) is 4.69. The minimum Gasteiger partial charge on any atom is -0.324 e. The van der Waals surface area contributed by atoms with Crippen LogP contribution < -0.4 is 10.6 Å². The van der Waals surface area contributed by atoms with Crippen LogP contribution in [0.2, 0.25) is 0 Å². The Balaban J connectivity index is 1.97. The summed E-state index contributed by atoms with van der Waals surface area (Å²) >= 11 is 1.67. The number of benzene rings is 2. The van der Waals surface area contributed by atoms with Crippen LogP contribution in [0.1, 0.15) is 18.9 Å². The number of nitrogens with one attached hydrogen (secondary N) is 2. The highest BCUT2D eigenvalue weighted by Gasteiger charge is 2.17. The standard InChI is InChI=1S/C20H24N2OS/c1-3-14-24-19-13-9-8-12-18(19)22-20(23)17(4-2)21-15-16-10-6-5-7-11-16/h3,5-13,17,21H,1,4,14-15H2,2H3,(H,22,23). The van der Waals surface area contributed by atoms with E-state index in [1.165, 1.54) is 5.56 Å². The van der Waals surface area contributed by atoms with Gasteiger partial charge in [-0.05, 0) is 24.1 Å². The highest BCUT2D eigenvalue weighted by atomic mass is 32.2. The molecule has 0 aliphatic carbocycles. The number of thioether (sulfide) groups is 1. The van der Waals surface area contributed by atoms with Crippen molar-refractivity contribution in [3.63, 3.8) is 0 Å². The first-order valence-electron chi connectivity index (χ1n) is 8.15. The Bertz CT molecular complexity index is 658. The Kier molecular flexibility index (Phi) is 7.59. The molecule has 0 spiro atoms. The lowest BCUT2D eigenvalue weighted by Crippen LogP contribution is -2.39. The smallest absolute Gasteiger partial charge is 0.241 e. The summed E-state index contributed by atoms with van der Waals surface area (Å²) in [6.07, 6.45) is 2.60. The predicted octanol–water partition coefficient (Wildman–Crippen LogP) is 4.47. The Morgan fingerprint density at radius 1 is 1.17 bits per heavy atom. The first kappa shape index (κ1) is 18.3. The predicted molar refractivity (Wildman–Crippen MR) is 103 cm³/mol. The Morgan fingerprint density at radius 2 is 1.88 bits per heavy atom. The van der Waals surface area contributed by atoms with Gasteiger partial charge in [0.25, 0.3) is 0 Å². The SMILES string of the molecule is C=CCSc1ccccc1NC(=O)C(CC)NCc1ccccc1. The zero-order chi connectivity index (χ0) is 17.2. The zero-order valence-electron chi connectivity index (χ0n) is 14.0. The fourth-order valence-corrected chi connectivity index (χ4v) is 3.07. The summed E-state index contributed by atoms with van der Waals surface area (Å²) in [5.41, 5.74) is 2.03. The van der Waals surface area contributed by atoms with Gasteiger partial charge in [0.05, 0.1) is 11.7 Å². The van der Waals surface area contributed by atoms with E-state index >= 15 is 0 Å². The monoisotopic (exact) mass is 340 g/mol. The highest BCUT2D eigenvalue weighted by Crippen LogP contribution is 2.27. The summed E-state index contributed by atoms with van der Waals surface area (Å²) in [6.45, 7) is 6.44. The van der Waals surface area contributed by atoms with Crippen molar-refractivity contribution in [1.29, 1.82) is 0 Å². The second-order valence-corrected chi connectivity index (χ2v) is 6.47. The van der Waals surface area contributed by atoms with Crippen LogP contribution in [0.4, 0.5) is 5.69 Å². The summed E-state index contributed by atoms with van der Waals surface area (Å²) in [7, 11) is 0. The van der Waals surface area contributed by atoms with Gasteiger partial charge in [0, 0.05) is 17.2 Å². The van der Waals surface area contributed by atoms with Crippen LogP contribution in [-0.4, -0.2) is 17.7 Å². The number of rotatable bonds is 9. The van der Waals surface area contributed by atoms with Gasteiger partial charge in [-0.3, -0.25) is 4.79 Å². The molecule has 1 unspecified atom stereocenters. The van der Waals surface area contributed by atoms with Crippen molar-refractivity contribution in [1.82, 2.24) is 5.32 Å². The van der Waals surface area contributed by atoms with Gasteiger partial charge in [-0.2, -0.15) is 0 Å². The van der Waals surface area contributed by atoms with E-state index in [4.69, 9.17) is 0 Å². The minimum absolute atomic E-state index is 0.0000779. The highest BCUT2D eigenvalue weighted by molar-refractivity contribution is 7.99.